The molecule has 1 rings (SSSR count). The second kappa shape index (κ2) is 9.08. The third-order valence-corrected chi connectivity index (χ3v) is 3.73. The summed E-state index contributed by atoms with van der Waals surface area (Å²) in [5, 5.41) is 3.52. The molecule has 0 aliphatic carbocycles. The van der Waals surface area contributed by atoms with Crippen LogP contribution in [0.1, 0.15) is 45.6 Å². The van der Waals surface area contributed by atoms with Crippen molar-refractivity contribution in [3.05, 3.63) is 35.6 Å². The molecule has 0 amide bonds. The minimum absolute atomic E-state index is 0.147. The highest BCUT2D eigenvalue weighted by atomic mass is 19.1. The maximum Gasteiger partial charge on any atom is 0.123 e. The van der Waals surface area contributed by atoms with Crippen molar-refractivity contribution in [2.45, 2.75) is 46.5 Å². The molecular formula is C17H28FN. The van der Waals surface area contributed by atoms with Crippen LogP contribution in [-0.2, 0) is 6.42 Å². The molecule has 0 aromatic heterocycles. The molecule has 0 aliphatic heterocycles. The number of nitrogens with one attached hydrogen (secondary N) is 1. The Labute approximate surface area is 117 Å². The molecule has 1 aromatic rings. The molecule has 19 heavy (non-hydrogen) atoms. The summed E-state index contributed by atoms with van der Waals surface area (Å²) in [5.41, 5.74) is 1.24. The van der Waals surface area contributed by atoms with Crippen LogP contribution in [0, 0.1) is 17.7 Å². The molecule has 2 unspecified atom stereocenters. The summed E-state index contributed by atoms with van der Waals surface area (Å²) in [6.45, 7) is 8.91. The van der Waals surface area contributed by atoms with Crippen LogP contribution in [0.25, 0.3) is 0 Å². The number of halogens is 1. The SMILES string of the molecule is CCCNCC(Cc1ccc(F)cc1)CC(C)CC. The van der Waals surface area contributed by atoms with Gasteiger partial charge in [0.15, 0.2) is 0 Å². The van der Waals surface area contributed by atoms with E-state index in [1.54, 1.807) is 12.1 Å². The van der Waals surface area contributed by atoms with E-state index in [-0.39, 0.29) is 5.82 Å². The second-order valence-corrected chi connectivity index (χ2v) is 5.65. The third-order valence-electron chi connectivity index (χ3n) is 3.73. The van der Waals surface area contributed by atoms with E-state index in [1.807, 2.05) is 12.1 Å². The summed E-state index contributed by atoms with van der Waals surface area (Å²) in [6.07, 6.45) is 4.69. The summed E-state index contributed by atoms with van der Waals surface area (Å²) >= 11 is 0. The molecule has 0 bridgehead atoms. The normalized spacial score (nSPS) is 14.3. The van der Waals surface area contributed by atoms with Crippen molar-refractivity contribution in [2.75, 3.05) is 13.1 Å². The van der Waals surface area contributed by atoms with Gasteiger partial charge in [0.05, 0.1) is 0 Å². The van der Waals surface area contributed by atoms with Crippen LogP contribution in [0.15, 0.2) is 24.3 Å². The Kier molecular flexibility index (Phi) is 7.73. The van der Waals surface area contributed by atoms with E-state index in [1.165, 1.54) is 24.8 Å². The van der Waals surface area contributed by atoms with Crippen molar-refractivity contribution in [3.8, 4) is 0 Å². The quantitative estimate of drug-likeness (QED) is 0.652. The van der Waals surface area contributed by atoms with Gasteiger partial charge in [-0.3, -0.25) is 0 Å². The first-order chi connectivity index (χ1) is 9.15. The Morgan fingerprint density at radius 1 is 1.16 bits per heavy atom. The largest absolute Gasteiger partial charge is 0.316 e. The minimum Gasteiger partial charge on any atom is -0.316 e. The molecule has 0 aliphatic rings. The van der Waals surface area contributed by atoms with Gasteiger partial charge in [-0.05, 0) is 61.9 Å². The highest BCUT2D eigenvalue weighted by Gasteiger charge is 2.13. The van der Waals surface area contributed by atoms with E-state index in [4.69, 9.17) is 0 Å². The molecule has 0 saturated heterocycles. The van der Waals surface area contributed by atoms with Crippen LogP contribution in [0.5, 0.6) is 0 Å². The molecule has 1 nitrogen and oxygen atoms in total. The summed E-state index contributed by atoms with van der Waals surface area (Å²) in [4.78, 5) is 0. The molecule has 2 heteroatoms. The van der Waals surface area contributed by atoms with Gasteiger partial charge in [0, 0.05) is 0 Å². The van der Waals surface area contributed by atoms with Crippen LogP contribution >= 0.6 is 0 Å². The lowest BCUT2D eigenvalue weighted by molar-refractivity contribution is 0.363. The van der Waals surface area contributed by atoms with Crippen LogP contribution in [0.2, 0.25) is 0 Å². The van der Waals surface area contributed by atoms with Gasteiger partial charge in [-0.2, -0.15) is 0 Å². The first-order valence-corrected chi connectivity index (χ1v) is 7.60. The van der Waals surface area contributed by atoms with Gasteiger partial charge in [-0.1, -0.05) is 39.3 Å². The van der Waals surface area contributed by atoms with Crippen molar-refractivity contribution in [3.63, 3.8) is 0 Å². The number of hydrogen-bond acceptors (Lipinski definition) is 1. The molecule has 0 heterocycles. The van der Waals surface area contributed by atoms with Crippen molar-refractivity contribution >= 4 is 0 Å². The molecule has 1 aromatic carbocycles. The van der Waals surface area contributed by atoms with Gasteiger partial charge in [-0.25, -0.2) is 4.39 Å². The van der Waals surface area contributed by atoms with Crippen molar-refractivity contribution < 1.29 is 4.39 Å². The molecule has 1 N–H and O–H groups in total. The maximum absolute atomic E-state index is 12.9. The van der Waals surface area contributed by atoms with E-state index in [2.05, 4.69) is 26.1 Å². The fourth-order valence-corrected chi connectivity index (χ4v) is 2.41. The molecular weight excluding hydrogens is 237 g/mol. The zero-order valence-corrected chi connectivity index (χ0v) is 12.6. The van der Waals surface area contributed by atoms with Crippen molar-refractivity contribution in [2.24, 2.45) is 11.8 Å². The zero-order valence-electron chi connectivity index (χ0n) is 12.6. The van der Waals surface area contributed by atoms with Crippen molar-refractivity contribution in [1.82, 2.24) is 5.32 Å². The fraction of sp³-hybridized carbons (Fsp3) is 0.647. The van der Waals surface area contributed by atoms with E-state index >= 15 is 0 Å². The van der Waals surface area contributed by atoms with E-state index in [0.29, 0.717) is 5.92 Å². The average Bonchev–Trinajstić information content (AvgIpc) is 2.41. The van der Waals surface area contributed by atoms with Crippen LogP contribution in [0.3, 0.4) is 0 Å². The van der Waals surface area contributed by atoms with E-state index in [9.17, 15) is 4.39 Å². The Balaban J connectivity index is 2.53. The first kappa shape index (κ1) is 16.2. The predicted octanol–water partition coefficient (Wildman–Crippen LogP) is 4.42. The average molecular weight is 265 g/mol. The Bertz CT molecular complexity index is 334. The number of benzene rings is 1. The van der Waals surface area contributed by atoms with Gasteiger partial charge in [0.25, 0.3) is 0 Å². The van der Waals surface area contributed by atoms with Gasteiger partial charge in [0.1, 0.15) is 5.82 Å². The smallest absolute Gasteiger partial charge is 0.123 e. The first-order valence-electron chi connectivity index (χ1n) is 7.60. The topological polar surface area (TPSA) is 12.0 Å². The van der Waals surface area contributed by atoms with E-state index < -0.39 is 0 Å². The lowest BCUT2D eigenvalue weighted by atomic mass is 9.89. The maximum atomic E-state index is 12.9. The van der Waals surface area contributed by atoms with Gasteiger partial charge >= 0.3 is 0 Å². The molecule has 0 saturated carbocycles. The minimum atomic E-state index is -0.147. The van der Waals surface area contributed by atoms with Crippen molar-refractivity contribution in [1.29, 1.82) is 0 Å². The predicted molar refractivity (Wildman–Crippen MR) is 80.8 cm³/mol. The van der Waals surface area contributed by atoms with E-state index in [0.717, 1.165) is 25.4 Å². The Morgan fingerprint density at radius 3 is 2.42 bits per heavy atom. The molecule has 0 fully saturated rings. The van der Waals surface area contributed by atoms with Gasteiger partial charge < -0.3 is 5.32 Å². The second-order valence-electron chi connectivity index (χ2n) is 5.65. The molecule has 2 atom stereocenters. The fourth-order valence-electron chi connectivity index (χ4n) is 2.41. The summed E-state index contributed by atoms with van der Waals surface area (Å²) in [5.74, 6) is 1.26. The van der Waals surface area contributed by atoms with Crippen LogP contribution in [-0.4, -0.2) is 13.1 Å². The molecule has 0 radical (unpaired) electrons. The molecule has 0 spiro atoms. The zero-order chi connectivity index (χ0) is 14.1. The molecule has 108 valence electrons. The standard InChI is InChI=1S/C17H28FN/c1-4-10-19-13-16(11-14(3)5-2)12-15-6-8-17(18)9-7-15/h6-9,14,16,19H,4-5,10-13H2,1-3H3. The highest BCUT2D eigenvalue weighted by molar-refractivity contribution is 5.16. The summed E-state index contributed by atoms with van der Waals surface area (Å²) in [6, 6.07) is 6.96. The highest BCUT2D eigenvalue weighted by Crippen LogP contribution is 2.19. The van der Waals surface area contributed by atoms with Crippen LogP contribution < -0.4 is 5.32 Å². The lowest BCUT2D eigenvalue weighted by Gasteiger charge is -2.21. The number of hydrogen-bond donors (Lipinski definition) is 1. The monoisotopic (exact) mass is 265 g/mol. The lowest BCUT2D eigenvalue weighted by Crippen LogP contribution is -2.26. The van der Waals surface area contributed by atoms with Gasteiger partial charge in [0.2, 0.25) is 0 Å². The summed E-state index contributed by atoms with van der Waals surface area (Å²) in [7, 11) is 0. The summed E-state index contributed by atoms with van der Waals surface area (Å²) < 4.78 is 12.9. The Hall–Kier alpha value is -0.890. The third kappa shape index (κ3) is 6.72. The van der Waals surface area contributed by atoms with Crippen LogP contribution in [0.4, 0.5) is 4.39 Å². The Morgan fingerprint density at radius 2 is 1.84 bits per heavy atom. The van der Waals surface area contributed by atoms with Gasteiger partial charge in [-0.15, -0.1) is 0 Å². The number of rotatable bonds is 9.